The summed E-state index contributed by atoms with van der Waals surface area (Å²) in [5.41, 5.74) is 3.59. The number of aliphatic hydroxyl groups excluding tert-OH is 1. The molecule has 1 atom stereocenters. The summed E-state index contributed by atoms with van der Waals surface area (Å²) in [5, 5.41) is 14.6. The number of aliphatic hydroxyl groups is 1. The van der Waals surface area contributed by atoms with Gasteiger partial charge in [0.05, 0.1) is 12.2 Å². The maximum atomic E-state index is 12.4. The minimum absolute atomic E-state index is 0.0574. The zero-order valence-electron chi connectivity index (χ0n) is 15.2. The number of ether oxygens (including phenoxy) is 1. The maximum Gasteiger partial charge on any atom is 0.341 e. The molecule has 0 spiro atoms. The summed E-state index contributed by atoms with van der Waals surface area (Å²) in [4.78, 5) is 24.7. The van der Waals surface area contributed by atoms with Crippen LogP contribution in [-0.2, 0) is 9.53 Å². The smallest absolute Gasteiger partial charge is 0.341 e. The van der Waals surface area contributed by atoms with E-state index in [-0.39, 0.29) is 6.61 Å². The van der Waals surface area contributed by atoms with Crippen LogP contribution in [0, 0.1) is 13.8 Å². The molecule has 2 aromatic rings. The molecule has 3 N–H and O–H groups in total. The molecule has 6 nitrogen and oxygen atoms in total. The van der Waals surface area contributed by atoms with Crippen LogP contribution in [0.3, 0.4) is 0 Å². The summed E-state index contributed by atoms with van der Waals surface area (Å²) in [5.74, 6) is -1.000. The normalized spacial score (nSPS) is 11.5. The Hall–Kier alpha value is -2.86. The Morgan fingerprint density at radius 3 is 2.54 bits per heavy atom. The number of benzene rings is 2. The van der Waals surface area contributed by atoms with E-state index in [2.05, 4.69) is 10.6 Å². The first-order valence-corrected chi connectivity index (χ1v) is 8.45. The molecule has 1 amide bonds. The minimum Gasteiger partial charge on any atom is -0.449 e. The molecule has 0 aliphatic carbocycles. The number of aryl methyl sites for hydroxylation is 2. The van der Waals surface area contributed by atoms with E-state index in [1.54, 1.807) is 24.3 Å². The van der Waals surface area contributed by atoms with Crippen LogP contribution in [0.4, 0.5) is 11.4 Å². The van der Waals surface area contributed by atoms with Gasteiger partial charge in [0.15, 0.2) is 6.10 Å². The third kappa shape index (κ3) is 5.07. The van der Waals surface area contributed by atoms with E-state index in [4.69, 9.17) is 9.84 Å². The number of carbonyl (C=O) groups excluding carboxylic acids is 2. The van der Waals surface area contributed by atoms with Gasteiger partial charge in [-0.2, -0.15) is 0 Å². The van der Waals surface area contributed by atoms with Crippen molar-refractivity contribution in [3.63, 3.8) is 0 Å². The molecule has 1 unspecified atom stereocenters. The van der Waals surface area contributed by atoms with Crippen molar-refractivity contribution in [3.8, 4) is 0 Å². The molecular weight excluding hydrogens is 332 g/mol. The van der Waals surface area contributed by atoms with Crippen molar-refractivity contribution < 1.29 is 19.4 Å². The quantitative estimate of drug-likeness (QED) is 0.664. The Balaban J connectivity index is 2.03. The van der Waals surface area contributed by atoms with Crippen LogP contribution in [0.5, 0.6) is 0 Å². The zero-order valence-corrected chi connectivity index (χ0v) is 15.2. The number of hydrogen-bond donors (Lipinski definition) is 3. The monoisotopic (exact) mass is 356 g/mol. The minimum atomic E-state index is -0.950. The summed E-state index contributed by atoms with van der Waals surface area (Å²) in [6.45, 7) is 5.67. The zero-order chi connectivity index (χ0) is 19.1. The van der Waals surface area contributed by atoms with E-state index in [0.29, 0.717) is 23.5 Å². The fraction of sp³-hybridized carbons (Fsp3) is 0.300. The van der Waals surface area contributed by atoms with Gasteiger partial charge < -0.3 is 20.5 Å². The first kappa shape index (κ1) is 19.5. The van der Waals surface area contributed by atoms with Gasteiger partial charge in [-0.05, 0) is 44.5 Å². The lowest BCUT2D eigenvalue weighted by molar-refractivity contribution is -0.123. The van der Waals surface area contributed by atoms with E-state index < -0.39 is 18.0 Å². The van der Waals surface area contributed by atoms with E-state index in [9.17, 15) is 9.59 Å². The number of nitrogens with one attached hydrogen (secondary N) is 2. The molecule has 138 valence electrons. The van der Waals surface area contributed by atoms with Crippen molar-refractivity contribution in [3.05, 3.63) is 59.2 Å². The van der Waals surface area contributed by atoms with Gasteiger partial charge in [-0.25, -0.2) is 4.79 Å². The van der Waals surface area contributed by atoms with E-state index >= 15 is 0 Å². The summed E-state index contributed by atoms with van der Waals surface area (Å²) >= 11 is 0. The lowest BCUT2D eigenvalue weighted by atomic mass is 10.1. The number of esters is 1. The van der Waals surface area contributed by atoms with Crippen molar-refractivity contribution in [2.75, 3.05) is 23.8 Å². The van der Waals surface area contributed by atoms with Gasteiger partial charge in [0, 0.05) is 17.9 Å². The lowest BCUT2D eigenvalue weighted by Gasteiger charge is -2.16. The summed E-state index contributed by atoms with van der Waals surface area (Å²) in [7, 11) is 0. The second-order valence-electron chi connectivity index (χ2n) is 6.05. The third-order valence-electron chi connectivity index (χ3n) is 3.87. The van der Waals surface area contributed by atoms with Gasteiger partial charge in [0.2, 0.25) is 0 Å². The van der Waals surface area contributed by atoms with Crippen molar-refractivity contribution in [1.82, 2.24) is 0 Å². The topological polar surface area (TPSA) is 87.7 Å². The Kier molecular flexibility index (Phi) is 6.74. The largest absolute Gasteiger partial charge is 0.449 e. The molecule has 0 saturated carbocycles. The number of hydrogen-bond acceptors (Lipinski definition) is 5. The predicted octanol–water partition coefficient (Wildman–Crippen LogP) is 2.89. The van der Waals surface area contributed by atoms with Crippen molar-refractivity contribution in [2.45, 2.75) is 26.9 Å². The van der Waals surface area contributed by atoms with Crippen LogP contribution in [0.25, 0.3) is 0 Å². The predicted molar refractivity (Wildman–Crippen MR) is 101 cm³/mol. The Bertz CT molecular complexity index is 789. The first-order chi connectivity index (χ1) is 12.4. The van der Waals surface area contributed by atoms with Gasteiger partial charge in [-0.3, -0.25) is 4.79 Å². The Morgan fingerprint density at radius 1 is 1.12 bits per heavy atom. The van der Waals surface area contributed by atoms with Crippen molar-refractivity contribution in [1.29, 1.82) is 0 Å². The molecule has 0 saturated heterocycles. The van der Waals surface area contributed by atoms with Crippen molar-refractivity contribution in [2.24, 2.45) is 0 Å². The second kappa shape index (κ2) is 9.01. The van der Waals surface area contributed by atoms with Crippen LogP contribution < -0.4 is 10.6 Å². The summed E-state index contributed by atoms with van der Waals surface area (Å²) in [6, 6.07) is 12.5. The third-order valence-corrected chi connectivity index (χ3v) is 3.87. The first-order valence-electron chi connectivity index (χ1n) is 8.45. The highest BCUT2D eigenvalue weighted by molar-refractivity contribution is 6.00. The molecule has 0 fully saturated rings. The molecule has 0 bridgehead atoms. The van der Waals surface area contributed by atoms with Gasteiger partial charge >= 0.3 is 5.97 Å². The number of rotatable bonds is 7. The van der Waals surface area contributed by atoms with E-state index in [0.717, 1.165) is 11.1 Å². The highest BCUT2D eigenvalue weighted by atomic mass is 16.5. The van der Waals surface area contributed by atoms with Crippen LogP contribution in [0.1, 0.15) is 28.4 Å². The van der Waals surface area contributed by atoms with Crippen molar-refractivity contribution >= 4 is 23.3 Å². The molecular formula is C20H24N2O4. The highest BCUT2D eigenvalue weighted by Gasteiger charge is 2.21. The molecule has 26 heavy (non-hydrogen) atoms. The number of para-hydroxylation sites is 1. The SMILES string of the molecule is Cc1ccc(NC(=O)C(C)OC(=O)c2ccccc2NCCO)c(C)c1. The number of anilines is 2. The average molecular weight is 356 g/mol. The standard InChI is InChI=1S/C20H24N2O4/c1-13-8-9-17(14(2)12-13)22-19(24)15(3)26-20(25)16-6-4-5-7-18(16)21-10-11-23/h4-9,12,15,21,23H,10-11H2,1-3H3,(H,22,24). The van der Waals surface area contributed by atoms with Crippen LogP contribution in [-0.4, -0.2) is 36.2 Å². The van der Waals surface area contributed by atoms with Crippen LogP contribution >= 0.6 is 0 Å². The molecule has 6 heteroatoms. The molecule has 0 aromatic heterocycles. The molecule has 0 aliphatic heterocycles. The summed E-state index contributed by atoms with van der Waals surface area (Å²) in [6.07, 6.45) is -0.950. The van der Waals surface area contributed by atoms with Crippen LogP contribution in [0.15, 0.2) is 42.5 Å². The fourth-order valence-corrected chi connectivity index (χ4v) is 2.47. The van der Waals surface area contributed by atoms with E-state index in [1.165, 1.54) is 6.92 Å². The number of carbonyl (C=O) groups is 2. The summed E-state index contributed by atoms with van der Waals surface area (Å²) < 4.78 is 5.30. The molecule has 0 radical (unpaired) electrons. The van der Waals surface area contributed by atoms with Gasteiger partial charge in [0.1, 0.15) is 0 Å². The molecule has 2 rings (SSSR count). The Labute approximate surface area is 153 Å². The molecule has 0 heterocycles. The van der Waals surface area contributed by atoms with Gasteiger partial charge in [-0.1, -0.05) is 29.8 Å². The van der Waals surface area contributed by atoms with Gasteiger partial charge in [0.25, 0.3) is 5.91 Å². The average Bonchev–Trinajstić information content (AvgIpc) is 2.62. The van der Waals surface area contributed by atoms with E-state index in [1.807, 2.05) is 32.0 Å². The molecule has 0 aliphatic rings. The van der Waals surface area contributed by atoms with Gasteiger partial charge in [-0.15, -0.1) is 0 Å². The number of amides is 1. The molecule has 2 aromatic carbocycles. The maximum absolute atomic E-state index is 12.4. The van der Waals surface area contributed by atoms with Crippen LogP contribution in [0.2, 0.25) is 0 Å². The fourth-order valence-electron chi connectivity index (χ4n) is 2.47. The Morgan fingerprint density at radius 2 is 1.85 bits per heavy atom. The second-order valence-corrected chi connectivity index (χ2v) is 6.05. The highest BCUT2D eigenvalue weighted by Crippen LogP contribution is 2.19. The lowest BCUT2D eigenvalue weighted by Crippen LogP contribution is -2.30.